The highest BCUT2D eigenvalue weighted by molar-refractivity contribution is 5.98. The molecule has 0 amide bonds. The number of halogens is 3. The van der Waals surface area contributed by atoms with Crippen LogP contribution in [0.1, 0.15) is 72.3 Å². The van der Waals surface area contributed by atoms with E-state index in [4.69, 9.17) is 23.7 Å². The summed E-state index contributed by atoms with van der Waals surface area (Å²) >= 11 is 0. The topological polar surface area (TPSA) is 104 Å². The van der Waals surface area contributed by atoms with Gasteiger partial charge in [0.05, 0.1) is 17.6 Å². The van der Waals surface area contributed by atoms with E-state index in [0.717, 1.165) is 25.5 Å². The molecule has 0 unspecified atom stereocenters. The van der Waals surface area contributed by atoms with Crippen LogP contribution in [0.3, 0.4) is 0 Å². The monoisotopic (exact) mass is 684 g/mol. The number of rotatable bonds is 6. The second-order valence-electron chi connectivity index (χ2n) is 15.9. The number of cyclic esters (lactones) is 1. The number of fused-ring (bicyclic) bond motifs is 6. The molecule has 13 atom stereocenters. The van der Waals surface area contributed by atoms with Gasteiger partial charge in [-0.3, -0.25) is 4.79 Å². The van der Waals surface area contributed by atoms with E-state index in [1.54, 1.807) is 13.0 Å². The number of benzene rings is 1. The molecule has 264 valence electrons. The van der Waals surface area contributed by atoms with Crippen LogP contribution in [0.15, 0.2) is 53.6 Å². The van der Waals surface area contributed by atoms with Gasteiger partial charge in [0.2, 0.25) is 0 Å². The van der Waals surface area contributed by atoms with Crippen molar-refractivity contribution in [1.29, 1.82) is 0 Å². The number of allylic oxidation sites excluding steroid dienone is 1. The number of esters is 2. The molecule has 8 nitrogen and oxygen atoms in total. The molecule has 49 heavy (non-hydrogen) atoms. The number of methoxy groups -OCH3 is 1. The molecular formula is C38H43F3O8. The molecule has 2 saturated heterocycles. The van der Waals surface area contributed by atoms with E-state index in [-0.39, 0.29) is 53.0 Å². The molecule has 0 radical (unpaired) electrons. The molecular weight excluding hydrogens is 641 g/mol. The van der Waals surface area contributed by atoms with Crippen molar-refractivity contribution in [3.63, 3.8) is 0 Å². The number of ketones is 1. The Kier molecular flexibility index (Phi) is 6.96. The number of hydrogen-bond acceptors (Lipinski definition) is 8. The van der Waals surface area contributed by atoms with Gasteiger partial charge in [-0.2, -0.15) is 13.2 Å². The number of carbonyl (C=O) groups excluding carboxylic acids is 3. The zero-order chi connectivity index (χ0) is 35.1. The quantitative estimate of drug-likeness (QED) is 0.259. The predicted octanol–water partition coefficient (Wildman–Crippen LogP) is 6.17. The second kappa shape index (κ2) is 10.3. The molecule has 4 aliphatic carbocycles. The lowest BCUT2D eigenvalue weighted by Crippen LogP contribution is -2.65. The molecule has 1 aromatic rings. The van der Waals surface area contributed by atoms with Crippen LogP contribution in [-0.2, 0) is 43.7 Å². The van der Waals surface area contributed by atoms with Gasteiger partial charge in [0.1, 0.15) is 17.3 Å². The summed E-state index contributed by atoms with van der Waals surface area (Å²) in [5, 5.41) is 0. The molecule has 0 bridgehead atoms. The van der Waals surface area contributed by atoms with Crippen molar-refractivity contribution in [2.45, 2.75) is 114 Å². The summed E-state index contributed by atoms with van der Waals surface area (Å²) < 4.78 is 74.0. The van der Waals surface area contributed by atoms with Gasteiger partial charge < -0.3 is 23.7 Å². The van der Waals surface area contributed by atoms with Crippen molar-refractivity contribution in [2.24, 2.45) is 34.5 Å². The molecule has 0 N–H and O–H groups in total. The smallest absolute Gasteiger partial charge is 0.432 e. The molecule has 8 rings (SSSR count). The highest BCUT2D eigenvalue weighted by Gasteiger charge is 2.85. The molecule has 1 aromatic carbocycles. The van der Waals surface area contributed by atoms with Gasteiger partial charge in [-0.05, 0) is 76.4 Å². The fourth-order valence-electron chi connectivity index (χ4n) is 11.6. The van der Waals surface area contributed by atoms with Crippen LogP contribution in [0.2, 0.25) is 0 Å². The molecule has 7 aliphatic rings. The lowest BCUT2D eigenvalue weighted by atomic mass is 9.44. The maximum atomic E-state index is 14.8. The second-order valence-corrected chi connectivity index (χ2v) is 15.9. The summed E-state index contributed by atoms with van der Waals surface area (Å²) in [4.78, 5) is 40.4. The Morgan fingerprint density at radius 2 is 1.73 bits per heavy atom. The Balaban J connectivity index is 1.09. The SMILES string of the molecule is CO[C@@](C(=O)O[C@H]1C=CC(=O)[C@]2(C)[C@H]3CC[C@@]4(C)[C@@H](C[C@H]5O[C@]54[C@H](C)[C@H]4CC(C)=C(C)C(=O)O4)[C@@H]3C[C@H]3O[C@]132)(c1ccccc1)C(F)(F)F. The third kappa shape index (κ3) is 3.90. The van der Waals surface area contributed by atoms with E-state index in [0.29, 0.717) is 24.8 Å². The summed E-state index contributed by atoms with van der Waals surface area (Å²) in [6.07, 6.45) is -0.834. The molecule has 3 heterocycles. The average Bonchev–Trinajstić information content (AvgIpc) is 3.96. The van der Waals surface area contributed by atoms with Crippen LogP contribution in [0.5, 0.6) is 0 Å². The summed E-state index contributed by atoms with van der Waals surface area (Å²) in [6, 6.07) is 6.72. The van der Waals surface area contributed by atoms with Gasteiger partial charge in [0.25, 0.3) is 5.60 Å². The zero-order valence-corrected chi connectivity index (χ0v) is 28.6. The molecule has 0 aromatic heterocycles. The Morgan fingerprint density at radius 3 is 2.39 bits per heavy atom. The summed E-state index contributed by atoms with van der Waals surface area (Å²) in [7, 11) is 0.839. The maximum Gasteiger partial charge on any atom is 0.432 e. The van der Waals surface area contributed by atoms with Gasteiger partial charge in [-0.15, -0.1) is 0 Å². The molecule has 3 saturated carbocycles. The summed E-state index contributed by atoms with van der Waals surface area (Å²) in [6.45, 7) is 10.0. The number of hydrogen-bond donors (Lipinski definition) is 0. The highest BCUT2D eigenvalue weighted by atomic mass is 19.4. The van der Waals surface area contributed by atoms with Crippen LogP contribution >= 0.6 is 0 Å². The Labute approximate surface area is 283 Å². The van der Waals surface area contributed by atoms with Crippen molar-refractivity contribution >= 4 is 17.7 Å². The minimum Gasteiger partial charge on any atom is -0.458 e. The van der Waals surface area contributed by atoms with Crippen LogP contribution < -0.4 is 0 Å². The third-order valence-electron chi connectivity index (χ3n) is 14.5. The van der Waals surface area contributed by atoms with E-state index >= 15 is 0 Å². The zero-order valence-electron chi connectivity index (χ0n) is 28.6. The predicted molar refractivity (Wildman–Crippen MR) is 168 cm³/mol. The minimum absolute atomic E-state index is 0.0139. The number of ether oxygens (including phenoxy) is 5. The largest absolute Gasteiger partial charge is 0.458 e. The number of epoxide rings is 2. The number of carbonyl (C=O) groups is 3. The van der Waals surface area contributed by atoms with E-state index in [2.05, 4.69) is 13.8 Å². The van der Waals surface area contributed by atoms with E-state index in [1.807, 2.05) is 13.8 Å². The fraction of sp³-hybridized carbons (Fsp3) is 0.658. The first-order chi connectivity index (χ1) is 23.0. The van der Waals surface area contributed by atoms with E-state index in [9.17, 15) is 27.6 Å². The first-order valence-corrected chi connectivity index (χ1v) is 17.4. The minimum atomic E-state index is -5.13. The first-order valence-electron chi connectivity index (χ1n) is 17.4. The van der Waals surface area contributed by atoms with Crippen LogP contribution in [-0.4, -0.2) is 66.6 Å². The third-order valence-corrected chi connectivity index (χ3v) is 14.5. The van der Waals surface area contributed by atoms with Gasteiger partial charge in [0.15, 0.2) is 11.9 Å². The van der Waals surface area contributed by atoms with Gasteiger partial charge in [-0.25, -0.2) is 9.59 Å². The van der Waals surface area contributed by atoms with Crippen molar-refractivity contribution < 1.29 is 51.2 Å². The summed E-state index contributed by atoms with van der Waals surface area (Å²) in [5.74, 6) is -1.92. The fourth-order valence-corrected chi connectivity index (χ4v) is 11.6. The van der Waals surface area contributed by atoms with Crippen LogP contribution in [0, 0.1) is 34.5 Å². The van der Waals surface area contributed by atoms with Crippen molar-refractivity contribution in [2.75, 3.05) is 7.11 Å². The van der Waals surface area contributed by atoms with Gasteiger partial charge in [0, 0.05) is 36.0 Å². The van der Waals surface area contributed by atoms with Crippen molar-refractivity contribution in [1.82, 2.24) is 0 Å². The van der Waals surface area contributed by atoms with Crippen LogP contribution in [0.4, 0.5) is 13.2 Å². The Morgan fingerprint density at radius 1 is 1.02 bits per heavy atom. The Hall–Kier alpha value is -3.02. The lowest BCUT2D eigenvalue weighted by Gasteiger charge is -2.59. The molecule has 1 spiro atoms. The van der Waals surface area contributed by atoms with Crippen molar-refractivity contribution in [3.05, 3.63) is 59.2 Å². The molecule has 11 heteroatoms. The highest BCUT2D eigenvalue weighted by Crippen LogP contribution is 2.78. The van der Waals surface area contributed by atoms with Gasteiger partial charge >= 0.3 is 18.1 Å². The van der Waals surface area contributed by atoms with E-state index in [1.165, 1.54) is 36.4 Å². The van der Waals surface area contributed by atoms with E-state index < -0.39 is 52.1 Å². The lowest BCUT2D eigenvalue weighted by molar-refractivity contribution is -0.279. The first kappa shape index (κ1) is 33.1. The van der Waals surface area contributed by atoms with Crippen molar-refractivity contribution in [3.8, 4) is 0 Å². The van der Waals surface area contributed by atoms with Gasteiger partial charge in [-0.1, -0.05) is 49.8 Å². The molecule has 5 fully saturated rings. The molecule has 3 aliphatic heterocycles. The normalized spacial score (nSPS) is 45.1. The average molecular weight is 685 g/mol. The maximum absolute atomic E-state index is 14.8. The standard InChI is InChI=1S/C38H43F3O8/c1-19-16-26(46-31(43)20(19)2)21(3)35-30(48-35)18-25-23-17-29-37(49-29)28(13-12-27(42)34(37,5)24(23)14-15-33(25,35)4)47-32(44)36(45-6,38(39,40)41)22-10-8-7-9-11-22/h7-13,21,23-26,28-30H,14-18H2,1-6H3/t21-,23-,24+,25+,26-,28+,29-,30-,33+,34+,35-,36-,37-/m1/s1. The Bertz CT molecular complexity index is 1690. The van der Waals surface area contributed by atoms with Crippen LogP contribution in [0.25, 0.3) is 0 Å². The summed E-state index contributed by atoms with van der Waals surface area (Å²) in [5.41, 5.74) is -5.14. The number of alkyl halides is 3.